The van der Waals surface area contributed by atoms with E-state index in [4.69, 9.17) is 0 Å². The summed E-state index contributed by atoms with van der Waals surface area (Å²) in [5.41, 5.74) is 9.04. The first kappa shape index (κ1) is 39.5. The molecule has 1 atom stereocenters. The Balaban J connectivity index is 0.766. The van der Waals surface area contributed by atoms with Gasteiger partial charge in [0.05, 0.1) is 17.2 Å². The molecule has 5 heterocycles. The van der Waals surface area contributed by atoms with Crippen molar-refractivity contribution in [2.24, 2.45) is 0 Å². The molecule has 1 aliphatic carbocycles. The van der Waals surface area contributed by atoms with Crippen molar-refractivity contribution in [2.75, 3.05) is 56.0 Å². The van der Waals surface area contributed by atoms with Crippen molar-refractivity contribution < 1.29 is 24.0 Å². The number of nitrogens with zero attached hydrogens (tertiary/aromatic N) is 5. The molecule has 13 nitrogen and oxygen atoms in total. The van der Waals surface area contributed by atoms with E-state index < -0.39 is 17.4 Å². The number of rotatable bonds is 9. The second-order valence-electron chi connectivity index (χ2n) is 17.5. The van der Waals surface area contributed by atoms with Gasteiger partial charge in [-0.25, -0.2) is 0 Å². The van der Waals surface area contributed by atoms with Crippen molar-refractivity contribution >= 4 is 51.7 Å². The van der Waals surface area contributed by atoms with Crippen LogP contribution >= 0.6 is 0 Å². The highest BCUT2D eigenvalue weighted by molar-refractivity contribution is 6.20. The van der Waals surface area contributed by atoms with E-state index in [0.717, 1.165) is 103 Å². The van der Waals surface area contributed by atoms with E-state index >= 15 is 0 Å². The van der Waals surface area contributed by atoms with Crippen LogP contribution in [0.5, 0.6) is 0 Å². The predicted octanol–water partition coefficient (Wildman–Crippen LogP) is 5.24. The lowest BCUT2D eigenvalue weighted by atomic mass is 9.70. The van der Waals surface area contributed by atoms with Gasteiger partial charge in [0.25, 0.3) is 5.91 Å². The van der Waals surface area contributed by atoms with Crippen LogP contribution in [0.2, 0.25) is 0 Å². The number of amides is 4. The predicted molar refractivity (Wildman–Crippen MR) is 228 cm³/mol. The van der Waals surface area contributed by atoms with Gasteiger partial charge in [-0.15, -0.1) is 0 Å². The van der Waals surface area contributed by atoms with Crippen LogP contribution in [-0.2, 0) is 32.8 Å². The van der Waals surface area contributed by atoms with E-state index in [0.29, 0.717) is 49.5 Å². The Morgan fingerprint density at radius 3 is 2.47 bits per heavy atom. The molecule has 4 aromatic rings. The van der Waals surface area contributed by atoms with Crippen LogP contribution in [0.3, 0.4) is 0 Å². The number of aromatic nitrogens is 1. The number of aryl methyl sites for hydroxylation is 1. The van der Waals surface area contributed by atoms with Gasteiger partial charge < -0.3 is 25.0 Å². The molecule has 60 heavy (non-hydrogen) atoms. The quantitative estimate of drug-likeness (QED) is 0.152. The molecule has 0 radical (unpaired) electrons. The van der Waals surface area contributed by atoms with Gasteiger partial charge in [0.1, 0.15) is 6.04 Å². The van der Waals surface area contributed by atoms with Gasteiger partial charge in [-0.2, -0.15) is 5.26 Å². The summed E-state index contributed by atoms with van der Waals surface area (Å²) in [5.74, 6) is -0.724. The third-order valence-corrected chi connectivity index (χ3v) is 13.8. The van der Waals surface area contributed by atoms with Crippen molar-refractivity contribution in [3.8, 4) is 6.07 Å². The van der Waals surface area contributed by atoms with Crippen molar-refractivity contribution in [1.82, 2.24) is 25.0 Å². The molecule has 4 aliphatic heterocycles. The Bertz CT molecular complexity index is 2480. The number of hydrogen-bond acceptors (Lipinski definition) is 9. The highest BCUT2D eigenvalue weighted by atomic mass is 16.2. The second-order valence-corrected chi connectivity index (χ2v) is 17.5. The van der Waals surface area contributed by atoms with Crippen LogP contribution in [0.1, 0.15) is 114 Å². The lowest BCUT2D eigenvalue weighted by Gasteiger charge is -2.44. The van der Waals surface area contributed by atoms with E-state index in [1.165, 1.54) is 11.3 Å². The largest absolute Gasteiger partial charge is 0.385 e. The Kier molecular flexibility index (Phi) is 10.2. The van der Waals surface area contributed by atoms with E-state index in [9.17, 15) is 29.2 Å². The maximum absolute atomic E-state index is 14.1. The number of nitriles is 1. The van der Waals surface area contributed by atoms with E-state index in [1.54, 1.807) is 17.0 Å². The number of ketones is 1. The first-order chi connectivity index (χ1) is 29.0. The molecule has 3 N–H and O–H groups in total. The molecule has 9 rings (SSSR count). The highest BCUT2D eigenvalue weighted by Crippen LogP contribution is 2.46. The Morgan fingerprint density at radius 2 is 1.73 bits per heavy atom. The minimum absolute atomic E-state index is 0.0416. The Hall–Kier alpha value is -6.00. The van der Waals surface area contributed by atoms with Crippen molar-refractivity contribution in [1.29, 1.82) is 5.26 Å². The van der Waals surface area contributed by atoms with Crippen LogP contribution in [0.15, 0.2) is 48.5 Å². The average Bonchev–Trinajstić information content (AvgIpc) is 3.82. The summed E-state index contributed by atoms with van der Waals surface area (Å²) >= 11 is 0. The molecule has 13 heteroatoms. The lowest BCUT2D eigenvalue weighted by molar-refractivity contribution is -0.137. The molecule has 310 valence electrons. The van der Waals surface area contributed by atoms with Gasteiger partial charge >= 0.3 is 0 Å². The first-order valence-electron chi connectivity index (χ1n) is 21.5. The van der Waals surface area contributed by atoms with Gasteiger partial charge in [0, 0.05) is 121 Å². The minimum Gasteiger partial charge on any atom is -0.385 e. The molecular formula is C47H52N8O5. The normalized spacial score (nSPS) is 20.5. The zero-order valence-electron chi connectivity index (χ0n) is 34.7. The van der Waals surface area contributed by atoms with Crippen LogP contribution in [-0.4, -0.2) is 107 Å². The molecule has 0 saturated carbocycles. The molecule has 4 amide bonds. The molecule has 1 unspecified atom stereocenters. The number of nitrogens with one attached hydrogen (secondary N) is 3. The summed E-state index contributed by atoms with van der Waals surface area (Å²) in [7, 11) is 0. The molecule has 3 fully saturated rings. The number of imide groups is 1. The molecule has 3 aromatic carbocycles. The summed E-state index contributed by atoms with van der Waals surface area (Å²) in [6.45, 7) is 12.4. The third kappa shape index (κ3) is 6.80. The maximum atomic E-state index is 14.1. The molecule has 1 aromatic heterocycles. The van der Waals surface area contributed by atoms with Gasteiger partial charge in [-0.1, -0.05) is 32.9 Å². The number of carbonyl (C=O) groups excluding carboxylic acids is 5. The van der Waals surface area contributed by atoms with Crippen LogP contribution < -0.4 is 15.5 Å². The summed E-state index contributed by atoms with van der Waals surface area (Å²) < 4.78 is 0. The van der Waals surface area contributed by atoms with Crippen molar-refractivity contribution in [3.63, 3.8) is 0 Å². The van der Waals surface area contributed by atoms with E-state index in [-0.39, 0.29) is 29.9 Å². The fourth-order valence-electron chi connectivity index (χ4n) is 10.3. The fraction of sp³-hybridized carbons (Fsp3) is 0.447. The fourth-order valence-corrected chi connectivity index (χ4v) is 10.3. The summed E-state index contributed by atoms with van der Waals surface area (Å²) in [5, 5.41) is 16.1. The number of piperazine rings is 1. The standard InChI is InChI=1S/C47H52N8O5/c1-4-29-24-33-35(47(2,3)44-42(43(33)58)32-11-10-28(26-48)23-37(32)50-44)25-39(29)53-17-14-30(15-18-53)52-19-21-54(22-20-52)41(57)9-6-16-49-36-8-5-7-31-34(36)27-55(46(31)60)38-12-13-40(56)51-45(38)59/h5,7-8,10-11,23-25,30,38,49-50H,4,6,9,12-22,27H2,1-3H3,(H,51,56,59). The molecule has 5 aliphatic rings. The number of anilines is 2. The van der Waals surface area contributed by atoms with Crippen molar-refractivity contribution in [3.05, 3.63) is 93.2 Å². The number of H-pyrrole nitrogens is 1. The molecule has 3 saturated heterocycles. The second kappa shape index (κ2) is 15.6. The first-order valence-corrected chi connectivity index (χ1v) is 21.5. The molecule has 0 spiro atoms. The Morgan fingerprint density at radius 1 is 0.950 bits per heavy atom. The smallest absolute Gasteiger partial charge is 0.255 e. The average molecular weight is 809 g/mol. The van der Waals surface area contributed by atoms with Gasteiger partial charge in [0.15, 0.2) is 5.78 Å². The summed E-state index contributed by atoms with van der Waals surface area (Å²) in [6, 6.07) is 17.5. The Labute approximate surface area is 350 Å². The van der Waals surface area contributed by atoms with Gasteiger partial charge in [0.2, 0.25) is 17.7 Å². The third-order valence-electron chi connectivity index (χ3n) is 13.8. The number of benzene rings is 3. The maximum Gasteiger partial charge on any atom is 0.255 e. The van der Waals surface area contributed by atoms with E-state index in [2.05, 4.69) is 64.4 Å². The topological polar surface area (TPSA) is 162 Å². The monoisotopic (exact) mass is 808 g/mol. The molecular weight excluding hydrogens is 757 g/mol. The lowest BCUT2D eigenvalue weighted by Crippen LogP contribution is -2.54. The van der Waals surface area contributed by atoms with Gasteiger partial charge in [-0.05, 0) is 79.6 Å². The van der Waals surface area contributed by atoms with Crippen LogP contribution in [0.4, 0.5) is 11.4 Å². The van der Waals surface area contributed by atoms with E-state index in [1.807, 2.05) is 29.2 Å². The SMILES string of the molecule is CCc1cc2c(cc1N1CCC(N3CCN(C(=O)CCCNc4cccc5c4CN(C4CCC(=O)NC4=O)C5=O)CC3)CC1)C(C)(C)c1[nH]c3cc(C#N)ccc3c1C2=O. The zero-order valence-corrected chi connectivity index (χ0v) is 34.7. The summed E-state index contributed by atoms with van der Waals surface area (Å²) in [4.78, 5) is 76.9. The van der Waals surface area contributed by atoms with Crippen LogP contribution in [0, 0.1) is 11.3 Å². The van der Waals surface area contributed by atoms with Crippen LogP contribution in [0.25, 0.3) is 10.9 Å². The van der Waals surface area contributed by atoms with Crippen molar-refractivity contribution in [2.45, 2.75) is 89.8 Å². The summed E-state index contributed by atoms with van der Waals surface area (Å²) in [6.07, 6.45) is 4.54. The zero-order chi connectivity index (χ0) is 41.9. The minimum atomic E-state index is -0.656. The number of hydrogen-bond donors (Lipinski definition) is 3. The highest BCUT2D eigenvalue weighted by Gasteiger charge is 2.42. The van der Waals surface area contributed by atoms with Gasteiger partial charge in [-0.3, -0.25) is 34.2 Å². The number of carbonyl (C=O) groups is 5. The molecule has 0 bridgehead atoms. The number of aromatic amines is 1. The number of piperidine rings is 2. The number of fused-ring (bicyclic) bond motifs is 5.